The van der Waals surface area contributed by atoms with Gasteiger partial charge >= 0.3 is 0 Å². The van der Waals surface area contributed by atoms with Crippen LogP contribution < -0.4 is 5.32 Å². The molecule has 0 fully saturated rings. The van der Waals surface area contributed by atoms with E-state index in [-0.39, 0.29) is 18.0 Å². The highest BCUT2D eigenvalue weighted by Crippen LogP contribution is 2.18. The molecule has 0 aliphatic carbocycles. The fraction of sp³-hybridized carbons (Fsp3) is 0.500. The average Bonchev–Trinajstić information content (AvgIpc) is 2.16. The summed E-state index contributed by atoms with van der Waals surface area (Å²) < 4.78 is 12.8. The number of halogens is 2. The lowest BCUT2D eigenvalue weighted by molar-refractivity contribution is 0.230. The van der Waals surface area contributed by atoms with Crippen LogP contribution in [0.3, 0.4) is 0 Å². The highest BCUT2D eigenvalue weighted by atomic mass is 35.5. The van der Waals surface area contributed by atoms with E-state index in [2.05, 4.69) is 5.32 Å². The predicted molar refractivity (Wildman–Crippen MR) is 64.0 cm³/mol. The second kappa shape index (κ2) is 5.62. The molecule has 2 N–H and O–H groups in total. The van der Waals surface area contributed by atoms with Gasteiger partial charge in [0.05, 0.1) is 0 Å². The summed E-state index contributed by atoms with van der Waals surface area (Å²) in [5.41, 5.74) is 0.695. The highest BCUT2D eigenvalue weighted by Gasteiger charge is 2.16. The van der Waals surface area contributed by atoms with Crippen LogP contribution in [0, 0.1) is 5.82 Å². The predicted octanol–water partition coefficient (Wildman–Crippen LogP) is 2.73. The number of hydrogen-bond donors (Lipinski definition) is 2. The Labute approximate surface area is 100 Å². The van der Waals surface area contributed by atoms with Crippen molar-refractivity contribution in [1.29, 1.82) is 0 Å². The number of hydrogen-bond acceptors (Lipinski definition) is 2. The first-order valence-corrected chi connectivity index (χ1v) is 5.62. The normalized spacial score (nSPS) is 11.8. The van der Waals surface area contributed by atoms with E-state index in [9.17, 15) is 4.39 Å². The maximum atomic E-state index is 12.8. The van der Waals surface area contributed by atoms with E-state index < -0.39 is 0 Å². The third kappa shape index (κ3) is 4.08. The average molecular weight is 246 g/mol. The minimum Gasteiger partial charge on any atom is -0.396 e. The quantitative estimate of drug-likeness (QED) is 0.836. The van der Waals surface area contributed by atoms with E-state index in [4.69, 9.17) is 16.7 Å². The molecule has 0 bridgehead atoms. The third-order valence-electron chi connectivity index (χ3n) is 2.51. The summed E-state index contributed by atoms with van der Waals surface area (Å²) >= 11 is 5.91. The number of aliphatic hydroxyl groups excluding tert-OH is 1. The molecule has 0 radical (unpaired) electrons. The third-order valence-corrected chi connectivity index (χ3v) is 2.86. The Kier molecular flexibility index (Phi) is 4.71. The Morgan fingerprint density at radius 3 is 2.69 bits per heavy atom. The van der Waals surface area contributed by atoms with Gasteiger partial charge in [-0.15, -0.1) is 0 Å². The maximum Gasteiger partial charge on any atom is 0.124 e. The first-order valence-electron chi connectivity index (χ1n) is 5.24. The van der Waals surface area contributed by atoms with Crippen LogP contribution in [-0.4, -0.2) is 17.3 Å². The molecular formula is C12H17ClFNO. The molecular weight excluding hydrogens is 229 g/mol. The summed E-state index contributed by atoms with van der Waals surface area (Å²) in [6.07, 6.45) is 0.659. The van der Waals surface area contributed by atoms with Crippen LogP contribution in [0.15, 0.2) is 18.2 Å². The van der Waals surface area contributed by atoms with Gasteiger partial charge in [0.15, 0.2) is 0 Å². The maximum absolute atomic E-state index is 12.8. The molecule has 0 heterocycles. The van der Waals surface area contributed by atoms with Gasteiger partial charge in [-0.25, -0.2) is 4.39 Å². The fourth-order valence-corrected chi connectivity index (χ4v) is 1.60. The van der Waals surface area contributed by atoms with Crippen LogP contribution in [0.4, 0.5) is 4.39 Å². The Morgan fingerprint density at radius 1 is 1.44 bits per heavy atom. The smallest absolute Gasteiger partial charge is 0.124 e. The molecule has 0 aliphatic heterocycles. The first-order chi connectivity index (χ1) is 7.44. The van der Waals surface area contributed by atoms with Crippen molar-refractivity contribution in [1.82, 2.24) is 5.32 Å². The van der Waals surface area contributed by atoms with E-state index in [0.29, 0.717) is 18.0 Å². The molecule has 16 heavy (non-hydrogen) atoms. The second-order valence-electron chi connectivity index (χ2n) is 4.45. The summed E-state index contributed by atoms with van der Waals surface area (Å²) in [6.45, 7) is 4.70. The van der Waals surface area contributed by atoms with E-state index in [0.717, 1.165) is 5.56 Å². The van der Waals surface area contributed by atoms with Crippen molar-refractivity contribution in [2.24, 2.45) is 0 Å². The van der Waals surface area contributed by atoms with Gasteiger partial charge < -0.3 is 10.4 Å². The largest absolute Gasteiger partial charge is 0.396 e. The summed E-state index contributed by atoms with van der Waals surface area (Å²) in [6, 6.07) is 4.36. The lowest BCUT2D eigenvalue weighted by atomic mass is 10.0. The minimum absolute atomic E-state index is 0.136. The Balaban J connectivity index is 2.61. The summed E-state index contributed by atoms with van der Waals surface area (Å²) in [4.78, 5) is 0. The molecule has 0 spiro atoms. The summed E-state index contributed by atoms with van der Waals surface area (Å²) in [5, 5.41) is 12.6. The molecule has 0 saturated heterocycles. The molecule has 0 aromatic heterocycles. The molecule has 0 saturated carbocycles. The van der Waals surface area contributed by atoms with Gasteiger partial charge in [-0.05, 0) is 38.0 Å². The van der Waals surface area contributed by atoms with Crippen molar-refractivity contribution < 1.29 is 9.50 Å². The Hall–Kier alpha value is -0.640. The number of benzene rings is 1. The van der Waals surface area contributed by atoms with Gasteiger partial charge in [0, 0.05) is 23.7 Å². The summed E-state index contributed by atoms with van der Waals surface area (Å²) in [5.74, 6) is -0.330. The van der Waals surface area contributed by atoms with Crippen molar-refractivity contribution in [2.45, 2.75) is 32.4 Å². The molecule has 0 aliphatic rings. The number of rotatable bonds is 5. The molecule has 4 heteroatoms. The SMILES string of the molecule is CC(C)(CCO)NCc1ccc(F)cc1Cl. The molecule has 1 rings (SSSR count). The van der Waals surface area contributed by atoms with Crippen molar-refractivity contribution in [3.8, 4) is 0 Å². The zero-order valence-electron chi connectivity index (χ0n) is 9.56. The van der Waals surface area contributed by atoms with E-state index in [1.54, 1.807) is 6.07 Å². The zero-order valence-corrected chi connectivity index (χ0v) is 10.3. The molecule has 2 nitrogen and oxygen atoms in total. The molecule has 1 aromatic carbocycles. The standard InChI is InChI=1S/C12H17ClFNO/c1-12(2,5-6-16)15-8-9-3-4-10(14)7-11(9)13/h3-4,7,15-16H,5-6,8H2,1-2H3. The van der Waals surface area contributed by atoms with Crippen LogP contribution in [0.1, 0.15) is 25.8 Å². The van der Waals surface area contributed by atoms with Crippen LogP contribution in [0.2, 0.25) is 5.02 Å². The lowest BCUT2D eigenvalue weighted by Gasteiger charge is -2.25. The molecule has 0 amide bonds. The van der Waals surface area contributed by atoms with E-state index in [1.807, 2.05) is 13.8 Å². The van der Waals surface area contributed by atoms with Crippen molar-refractivity contribution in [3.05, 3.63) is 34.6 Å². The topological polar surface area (TPSA) is 32.3 Å². The zero-order chi connectivity index (χ0) is 12.2. The minimum atomic E-state index is -0.330. The first kappa shape index (κ1) is 13.4. The van der Waals surface area contributed by atoms with Crippen LogP contribution in [0.5, 0.6) is 0 Å². The number of nitrogens with one attached hydrogen (secondary N) is 1. The van der Waals surface area contributed by atoms with E-state index >= 15 is 0 Å². The van der Waals surface area contributed by atoms with Crippen LogP contribution >= 0.6 is 11.6 Å². The van der Waals surface area contributed by atoms with Gasteiger partial charge in [-0.1, -0.05) is 17.7 Å². The Morgan fingerprint density at radius 2 is 2.12 bits per heavy atom. The molecule has 0 unspecified atom stereocenters. The monoisotopic (exact) mass is 245 g/mol. The van der Waals surface area contributed by atoms with Gasteiger partial charge in [-0.3, -0.25) is 0 Å². The van der Waals surface area contributed by atoms with Gasteiger partial charge in [0.25, 0.3) is 0 Å². The van der Waals surface area contributed by atoms with Crippen molar-refractivity contribution in [2.75, 3.05) is 6.61 Å². The van der Waals surface area contributed by atoms with E-state index in [1.165, 1.54) is 12.1 Å². The highest BCUT2D eigenvalue weighted by molar-refractivity contribution is 6.31. The van der Waals surface area contributed by atoms with Crippen molar-refractivity contribution in [3.63, 3.8) is 0 Å². The Bertz CT molecular complexity index is 355. The van der Waals surface area contributed by atoms with Gasteiger partial charge in [0.1, 0.15) is 5.82 Å². The van der Waals surface area contributed by atoms with Crippen LogP contribution in [0.25, 0.3) is 0 Å². The van der Waals surface area contributed by atoms with Crippen LogP contribution in [-0.2, 0) is 6.54 Å². The molecule has 1 aromatic rings. The lowest BCUT2D eigenvalue weighted by Crippen LogP contribution is -2.39. The van der Waals surface area contributed by atoms with Gasteiger partial charge in [0.2, 0.25) is 0 Å². The molecule has 90 valence electrons. The fourth-order valence-electron chi connectivity index (χ4n) is 1.37. The number of aliphatic hydroxyl groups is 1. The van der Waals surface area contributed by atoms with Gasteiger partial charge in [-0.2, -0.15) is 0 Å². The van der Waals surface area contributed by atoms with Crippen molar-refractivity contribution >= 4 is 11.6 Å². The summed E-state index contributed by atoms with van der Waals surface area (Å²) in [7, 11) is 0. The molecule has 0 atom stereocenters. The second-order valence-corrected chi connectivity index (χ2v) is 4.85.